The number of nitrogens with two attached hydrogens (primary N) is 1. The second-order valence-corrected chi connectivity index (χ2v) is 7.09. The van der Waals surface area contributed by atoms with Crippen molar-refractivity contribution in [2.45, 2.75) is 5.16 Å². The number of non-ortho nitro benzene ring substituents is 1. The topological polar surface area (TPSA) is 148 Å². The first kappa shape index (κ1) is 19.1. The summed E-state index contributed by atoms with van der Waals surface area (Å²) in [5, 5.41) is 22.5. The molecule has 1 aromatic carbocycles. The monoisotopic (exact) mass is 486 g/mol. The number of hydrogen-bond donors (Lipinski definition) is 2. The van der Waals surface area contributed by atoms with Gasteiger partial charge in [0, 0.05) is 21.1 Å². The predicted molar refractivity (Wildman–Crippen MR) is 99.0 cm³/mol. The van der Waals surface area contributed by atoms with Crippen LogP contribution in [0.1, 0.15) is 5.56 Å². The first-order valence-electron chi connectivity index (χ1n) is 6.40. The third-order valence-electron chi connectivity index (χ3n) is 2.75. The average Bonchev–Trinajstić information content (AvgIpc) is 2.56. The van der Waals surface area contributed by atoms with E-state index in [-0.39, 0.29) is 33.9 Å². The van der Waals surface area contributed by atoms with Crippen molar-refractivity contribution in [1.82, 2.24) is 9.97 Å². The molecule has 128 valence electrons. The molecule has 0 saturated carbocycles. The van der Waals surface area contributed by atoms with Crippen LogP contribution in [0.3, 0.4) is 0 Å². The van der Waals surface area contributed by atoms with E-state index in [0.717, 1.165) is 11.8 Å². The van der Waals surface area contributed by atoms with E-state index < -0.39 is 4.92 Å². The Morgan fingerprint density at radius 3 is 2.60 bits per heavy atom. The molecule has 3 N–H and O–H groups in total. The molecule has 0 radical (unpaired) electrons. The molecule has 0 spiro atoms. The lowest BCUT2D eigenvalue weighted by atomic mass is 10.3. The number of nitriles is 1. The highest BCUT2D eigenvalue weighted by Gasteiger charge is 2.16. The molecule has 0 aliphatic heterocycles. The maximum absolute atomic E-state index is 12.1. The van der Waals surface area contributed by atoms with Gasteiger partial charge in [0.2, 0.25) is 5.91 Å². The lowest BCUT2D eigenvalue weighted by Gasteiger charge is -2.09. The summed E-state index contributed by atoms with van der Waals surface area (Å²) in [6.07, 6.45) is 1.28. The van der Waals surface area contributed by atoms with Crippen LogP contribution >= 0.6 is 43.6 Å². The van der Waals surface area contributed by atoms with Gasteiger partial charge in [0.15, 0.2) is 5.16 Å². The maximum Gasteiger partial charge on any atom is 0.271 e. The van der Waals surface area contributed by atoms with Crippen LogP contribution in [0.15, 0.2) is 32.4 Å². The molecule has 0 fully saturated rings. The van der Waals surface area contributed by atoms with Crippen molar-refractivity contribution in [3.05, 3.63) is 43.0 Å². The van der Waals surface area contributed by atoms with Crippen molar-refractivity contribution >= 4 is 66.7 Å². The van der Waals surface area contributed by atoms with Gasteiger partial charge in [-0.05, 0) is 31.9 Å². The number of thioether (sulfide) groups is 1. The van der Waals surface area contributed by atoms with Crippen LogP contribution in [-0.4, -0.2) is 26.6 Å². The van der Waals surface area contributed by atoms with E-state index in [1.165, 1.54) is 18.3 Å². The summed E-state index contributed by atoms with van der Waals surface area (Å²) in [6.45, 7) is 0. The number of nitrogen functional groups attached to an aromatic ring is 1. The second-order valence-electron chi connectivity index (χ2n) is 4.44. The number of rotatable bonds is 5. The van der Waals surface area contributed by atoms with Crippen LogP contribution in [0.2, 0.25) is 0 Å². The number of amides is 1. The second kappa shape index (κ2) is 8.24. The number of hydrogen-bond acceptors (Lipinski definition) is 8. The highest BCUT2D eigenvalue weighted by Crippen LogP contribution is 2.35. The molecule has 2 rings (SSSR count). The molecule has 1 aromatic heterocycles. The molecule has 0 unspecified atom stereocenters. The summed E-state index contributed by atoms with van der Waals surface area (Å²) in [5.41, 5.74) is 6.00. The van der Waals surface area contributed by atoms with Crippen molar-refractivity contribution in [2.75, 3.05) is 16.8 Å². The third kappa shape index (κ3) is 4.88. The van der Waals surface area contributed by atoms with Gasteiger partial charge in [-0.15, -0.1) is 0 Å². The molecule has 0 atom stereocenters. The van der Waals surface area contributed by atoms with Gasteiger partial charge in [-0.3, -0.25) is 14.9 Å². The fourth-order valence-electron chi connectivity index (χ4n) is 1.62. The quantitative estimate of drug-likeness (QED) is 0.283. The fourth-order valence-corrected chi connectivity index (χ4v) is 3.61. The summed E-state index contributed by atoms with van der Waals surface area (Å²) >= 11 is 7.42. The lowest BCUT2D eigenvalue weighted by molar-refractivity contribution is -0.385. The lowest BCUT2D eigenvalue weighted by Crippen LogP contribution is -2.15. The molecule has 9 nitrogen and oxygen atoms in total. The standard InChI is InChI=1S/C13H8Br2N6O3S/c14-8-1-7(21(23)24)2-9(15)11(8)19-10(22)5-25-13-18-4-6(3-16)12(17)20-13/h1-2,4H,5H2,(H,19,22)(H2,17,18,20). The van der Waals surface area contributed by atoms with Crippen molar-refractivity contribution in [3.63, 3.8) is 0 Å². The molecule has 2 aromatic rings. The van der Waals surface area contributed by atoms with Crippen LogP contribution in [0.4, 0.5) is 17.2 Å². The smallest absolute Gasteiger partial charge is 0.271 e. The number of nitro benzene ring substituents is 1. The van der Waals surface area contributed by atoms with Crippen LogP contribution in [0, 0.1) is 21.4 Å². The largest absolute Gasteiger partial charge is 0.382 e. The Labute approximate surface area is 162 Å². The number of anilines is 2. The highest BCUT2D eigenvalue weighted by molar-refractivity contribution is 9.11. The predicted octanol–water partition coefficient (Wildman–Crippen LogP) is 3.09. The molecular weight excluding hydrogens is 480 g/mol. The van der Waals surface area contributed by atoms with Crippen LogP contribution in [0.25, 0.3) is 0 Å². The van der Waals surface area contributed by atoms with Gasteiger partial charge in [0.05, 0.1) is 22.6 Å². The highest BCUT2D eigenvalue weighted by atomic mass is 79.9. The van der Waals surface area contributed by atoms with Crippen LogP contribution < -0.4 is 11.1 Å². The van der Waals surface area contributed by atoms with Gasteiger partial charge in [0.25, 0.3) is 5.69 Å². The minimum Gasteiger partial charge on any atom is -0.382 e. The summed E-state index contributed by atoms with van der Waals surface area (Å²) in [6, 6.07) is 4.43. The molecule has 1 amide bonds. The van der Waals surface area contributed by atoms with E-state index >= 15 is 0 Å². The number of nitrogens with zero attached hydrogens (tertiary/aromatic N) is 4. The minimum absolute atomic E-state index is 0.0127. The first-order chi connectivity index (χ1) is 11.8. The first-order valence-corrected chi connectivity index (χ1v) is 8.97. The number of benzene rings is 1. The zero-order valence-electron chi connectivity index (χ0n) is 12.2. The van der Waals surface area contributed by atoms with E-state index in [1.807, 2.05) is 6.07 Å². The number of carbonyl (C=O) groups excluding carboxylic acids is 1. The van der Waals surface area contributed by atoms with Crippen molar-refractivity contribution in [2.24, 2.45) is 0 Å². The van der Waals surface area contributed by atoms with E-state index in [9.17, 15) is 14.9 Å². The third-order valence-corrected chi connectivity index (χ3v) is 4.86. The van der Waals surface area contributed by atoms with Gasteiger partial charge in [-0.2, -0.15) is 5.26 Å². The van der Waals surface area contributed by atoms with Gasteiger partial charge >= 0.3 is 0 Å². The summed E-state index contributed by atoms with van der Waals surface area (Å²) in [4.78, 5) is 30.2. The number of carbonyl (C=O) groups is 1. The Hall–Kier alpha value is -2.23. The number of nitrogens with one attached hydrogen (secondary N) is 1. The van der Waals surface area contributed by atoms with Gasteiger partial charge in [-0.25, -0.2) is 9.97 Å². The number of halogens is 2. The zero-order valence-corrected chi connectivity index (χ0v) is 16.2. The zero-order chi connectivity index (χ0) is 18.6. The summed E-state index contributed by atoms with van der Waals surface area (Å²) < 4.78 is 0.733. The van der Waals surface area contributed by atoms with Crippen LogP contribution in [0.5, 0.6) is 0 Å². The van der Waals surface area contributed by atoms with E-state index in [0.29, 0.717) is 14.6 Å². The van der Waals surface area contributed by atoms with E-state index in [1.54, 1.807) is 0 Å². The molecule has 0 saturated heterocycles. The maximum atomic E-state index is 12.1. The van der Waals surface area contributed by atoms with Crippen LogP contribution in [-0.2, 0) is 4.79 Å². The Morgan fingerprint density at radius 2 is 2.08 bits per heavy atom. The number of aromatic nitrogens is 2. The summed E-state index contributed by atoms with van der Waals surface area (Å²) in [5.74, 6) is -0.339. The molecule has 0 aliphatic rings. The average molecular weight is 488 g/mol. The van der Waals surface area contributed by atoms with E-state index in [4.69, 9.17) is 11.0 Å². The van der Waals surface area contributed by atoms with Gasteiger partial charge in [0.1, 0.15) is 17.5 Å². The number of nitro groups is 1. The Kier molecular flexibility index (Phi) is 6.29. The molecular formula is C13H8Br2N6O3S. The van der Waals surface area contributed by atoms with Crippen molar-refractivity contribution in [3.8, 4) is 6.07 Å². The Bertz CT molecular complexity index is 879. The normalized spacial score (nSPS) is 10.1. The van der Waals surface area contributed by atoms with Crippen molar-refractivity contribution < 1.29 is 9.72 Å². The summed E-state index contributed by atoms with van der Waals surface area (Å²) in [7, 11) is 0. The van der Waals surface area contributed by atoms with Crippen molar-refractivity contribution in [1.29, 1.82) is 5.26 Å². The Morgan fingerprint density at radius 1 is 1.44 bits per heavy atom. The van der Waals surface area contributed by atoms with Gasteiger partial charge in [-0.1, -0.05) is 11.8 Å². The molecule has 0 aliphatic carbocycles. The molecule has 25 heavy (non-hydrogen) atoms. The SMILES string of the molecule is N#Cc1cnc(SCC(=O)Nc2c(Br)cc([N+](=O)[O-])cc2Br)nc1N. The van der Waals surface area contributed by atoms with E-state index in [2.05, 4.69) is 47.1 Å². The fraction of sp³-hybridized carbons (Fsp3) is 0.0769. The molecule has 0 bridgehead atoms. The Balaban J connectivity index is 2.05. The van der Waals surface area contributed by atoms with Gasteiger partial charge < -0.3 is 11.1 Å². The minimum atomic E-state index is -0.538. The molecule has 12 heteroatoms. The molecule has 1 heterocycles.